The number of terminal acetylenes is 1. The molecule has 1 aromatic carbocycles. The van der Waals surface area contributed by atoms with Gasteiger partial charge < -0.3 is 14.4 Å². The fourth-order valence-corrected chi connectivity index (χ4v) is 4.03. The summed E-state index contributed by atoms with van der Waals surface area (Å²) >= 11 is 6.13. The van der Waals surface area contributed by atoms with Crippen LogP contribution < -0.4 is 0 Å². The molecule has 0 aliphatic carbocycles. The second kappa shape index (κ2) is 8.37. The number of rotatable bonds is 5. The third kappa shape index (κ3) is 4.32. The topological polar surface area (TPSA) is 64.3 Å². The van der Waals surface area contributed by atoms with Crippen LogP contribution in [-0.2, 0) is 16.1 Å². The minimum atomic E-state index is -1.18. The van der Waals surface area contributed by atoms with Crippen molar-refractivity contribution in [3.8, 4) is 23.5 Å². The maximum absolute atomic E-state index is 12.4. The maximum atomic E-state index is 12.4. The number of pyridine rings is 1. The smallest absolute Gasteiger partial charge is 0.337 e. The Labute approximate surface area is 188 Å². The first kappa shape index (κ1) is 22.9. The molecule has 0 spiro atoms. The van der Waals surface area contributed by atoms with Gasteiger partial charge in [0.15, 0.2) is 6.10 Å². The van der Waals surface area contributed by atoms with Gasteiger partial charge >= 0.3 is 5.97 Å². The molecule has 0 aliphatic rings. The van der Waals surface area contributed by atoms with Crippen LogP contribution in [0.15, 0.2) is 24.3 Å². The van der Waals surface area contributed by atoms with Crippen molar-refractivity contribution >= 4 is 28.6 Å². The number of nitrogens with zero attached hydrogens (tertiary/aromatic N) is 2. The highest BCUT2D eigenvalue weighted by Gasteiger charge is 2.33. The zero-order valence-corrected chi connectivity index (χ0v) is 19.5. The van der Waals surface area contributed by atoms with Gasteiger partial charge in [0, 0.05) is 32.9 Å². The molecule has 31 heavy (non-hydrogen) atoms. The quantitative estimate of drug-likeness (QED) is 0.507. The van der Waals surface area contributed by atoms with Gasteiger partial charge in [-0.3, -0.25) is 0 Å². The van der Waals surface area contributed by atoms with Crippen molar-refractivity contribution in [2.24, 2.45) is 0 Å². The van der Waals surface area contributed by atoms with E-state index in [1.807, 2.05) is 58.2 Å². The average molecular weight is 439 g/mol. The lowest BCUT2D eigenvalue weighted by atomic mass is 9.91. The first-order valence-electron chi connectivity index (χ1n) is 10.1. The molecule has 0 bridgehead atoms. The van der Waals surface area contributed by atoms with Crippen LogP contribution in [0.5, 0.6) is 0 Å². The number of ether oxygens (including phenoxy) is 1. The van der Waals surface area contributed by atoms with Gasteiger partial charge in [0.1, 0.15) is 5.65 Å². The van der Waals surface area contributed by atoms with Crippen LogP contribution in [0.2, 0.25) is 5.02 Å². The predicted octanol–water partition coefficient (Wildman–Crippen LogP) is 5.86. The minimum Gasteiger partial charge on any atom is -0.479 e. The number of hydrogen-bond donors (Lipinski definition) is 1. The van der Waals surface area contributed by atoms with Crippen molar-refractivity contribution < 1.29 is 14.6 Å². The van der Waals surface area contributed by atoms with E-state index in [0.29, 0.717) is 22.8 Å². The first-order valence-corrected chi connectivity index (χ1v) is 10.4. The molecule has 0 saturated carbocycles. The van der Waals surface area contributed by atoms with Crippen molar-refractivity contribution in [3.63, 3.8) is 0 Å². The van der Waals surface area contributed by atoms with Crippen LogP contribution in [0.3, 0.4) is 0 Å². The largest absolute Gasteiger partial charge is 0.479 e. The average Bonchev–Trinajstić information content (AvgIpc) is 2.90. The number of carbonyl (C=O) groups is 1. The fraction of sp³-hybridized carbons (Fsp3) is 0.360. The number of halogens is 1. The highest BCUT2D eigenvalue weighted by atomic mass is 35.5. The van der Waals surface area contributed by atoms with Crippen molar-refractivity contribution in [2.45, 2.75) is 59.8 Å². The van der Waals surface area contributed by atoms with Crippen LogP contribution in [0.1, 0.15) is 49.4 Å². The van der Waals surface area contributed by atoms with E-state index in [1.165, 1.54) is 0 Å². The number of aromatic nitrogens is 2. The van der Waals surface area contributed by atoms with E-state index in [9.17, 15) is 9.90 Å². The summed E-state index contributed by atoms with van der Waals surface area (Å²) in [7, 11) is 0. The summed E-state index contributed by atoms with van der Waals surface area (Å²) in [5.41, 5.74) is 4.83. The van der Waals surface area contributed by atoms with Crippen molar-refractivity contribution in [1.82, 2.24) is 9.55 Å². The Balaban J connectivity index is 2.50. The molecular formula is C25H27ClN2O3. The maximum Gasteiger partial charge on any atom is 0.337 e. The second-order valence-corrected chi connectivity index (χ2v) is 9.08. The summed E-state index contributed by atoms with van der Waals surface area (Å²) < 4.78 is 8.01. The monoisotopic (exact) mass is 438 g/mol. The zero-order valence-electron chi connectivity index (χ0n) is 18.7. The summed E-state index contributed by atoms with van der Waals surface area (Å²) in [5, 5.41) is 11.6. The summed E-state index contributed by atoms with van der Waals surface area (Å²) in [4.78, 5) is 17.2. The van der Waals surface area contributed by atoms with E-state index >= 15 is 0 Å². The van der Waals surface area contributed by atoms with Gasteiger partial charge in [-0.25, -0.2) is 9.78 Å². The van der Waals surface area contributed by atoms with Crippen LogP contribution >= 0.6 is 11.6 Å². The van der Waals surface area contributed by atoms with Crippen LogP contribution in [0.25, 0.3) is 22.2 Å². The van der Waals surface area contributed by atoms with Crippen molar-refractivity contribution in [1.29, 1.82) is 0 Å². The van der Waals surface area contributed by atoms with Gasteiger partial charge in [-0.05, 0) is 64.8 Å². The molecule has 3 rings (SSSR count). The second-order valence-electron chi connectivity index (χ2n) is 8.64. The molecule has 1 N–H and O–H groups in total. The molecule has 1 atom stereocenters. The third-order valence-corrected chi connectivity index (χ3v) is 5.58. The highest BCUT2D eigenvalue weighted by Crippen LogP contribution is 2.42. The Morgan fingerprint density at radius 2 is 1.87 bits per heavy atom. The molecule has 1 unspecified atom stereocenters. The van der Waals surface area contributed by atoms with Gasteiger partial charge in [-0.1, -0.05) is 29.7 Å². The summed E-state index contributed by atoms with van der Waals surface area (Å²) in [6.07, 6.45) is 4.43. The molecule has 0 saturated heterocycles. The lowest BCUT2D eigenvalue weighted by Gasteiger charge is -2.28. The van der Waals surface area contributed by atoms with E-state index in [0.717, 1.165) is 33.4 Å². The molecule has 0 radical (unpaired) electrons. The number of benzene rings is 1. The lowest BCUT2D eigenvalue weighted by Crippen LogP contribution is -2.28. The van der Waals surface area contributed by atoms with Gasteiger partial charge in [-0.15, -0.1) is 6.42 Å². The SMILES string of the molecule is C#CCn1c(C)c(C)c2c(-c3ccc(Cl)cc3)c(C(OC(C)(C)C)C(=O)O)c(C)nc21. The Morgan fingerprint density at radius 3 is 2.39 bits per heavy atom. The zero-order chi connectivity index (χ0) is 23.1. The minimum absolute atomic E-state index is 0.378. The third-order valence-electron chi connectivity index (χ3n) is 5.32. The molecule has 162 valence electrons. The van der Waals surface area contributed by atoms with Crippen LogP contribution in [0.4, 0.5) is 0 Å². The number of fused-ring (bicyclic) bond motifs is 1. The normalized spacial score (nSPS) is 12.7. The van der Waals surface area contributed by atoms with Crippen LogP contribution in [0, 0.1) is 33.1 Å². The molecule has 2 heterocycles. The summed E-state index contributed by atoms with van der Waals surface area (Å²) in [6, 6.07) is 7.37. The van der Waals surface area contributed by atoms with Gasteiger partial charge in [0.25, 0.3) is 0 Å². The Bertz CT molecular complexity index is 1200. The molecular weight excluding hydrogens is 412 g/mol. The molecule has 3 aromatic rings. The van der Waals surface area contributed by atoms with E-state index in [4.69, 9.17) is 27.7 Å². The molecule has 6 heteroatoms. The van der Waals surface area contributed by atoms with E-state index in [-0.39, 0.29) is 0 Å². The summed E-state index contributed by atoms with van der Waals surface area (Å²) in [6.45, 7) is 11.7. The number of aryl methyl sites for hydroxylation is 2. The van der Waals surface area contributed by atoms with Crippen molar-refractivity contribution in [2.75, 3.05) is 0 Å². The fourth-order valence-electron chi connectivity index (χ4n) is 3.90. The molecule has 0 aliphatic heterocycles. The molecule has 2 aromatic heterocycles. The number of aliphatic carboxylic acids is 1. The highest BCUT2D eigenvalue weighted by molar-refractivity contribution is 6.30. The van der Waals surface area contributed by atoms with Gasteiger partial charge in [-0.2, -0.15) is 0 Å². The predicted molar refractivity (Wildman–Crippen MR) is 124 cm³/mol. The van der Waals surface area contributed by atoms with Crippen molar-refractivity contribution in [3.05, 3.63) is 51.8 Å². The van der Waals surface area contributed by atoms with Gasteiger partial charge in [0.05, 0.1) is 12.1 Å². The lowest BCUT2D eigenvalue weighted by molar-refractivity contribution is -0.160. The number of carboxylic acid groups (broad SMARTS) is 1. The Morgan fingerprint density at radius 1 is 1.26 bits per heavy atom. The summed E-state index contributed by atoms with van der Waals surface area (Å²) in [5.74, 6) is 1.63. The van der Waals surface area contributed by atoms with Crippen LogP contribution in [-0.4, -0.2) is 26.2 Å². The van der Waals surface area contributed by atoms with E-state index < -0.39 is 17.7 Å². The van der Waals surface area contributed by atoms with E-state index in [1.54, 1.807) is 12.1 Å². The Kier molecular flexibility index (Phi) is 6.18. The van der Waals surface area contributed by atoms with E-state index in [2.05, 4.69) is 5.92 Å². The standard InChI is InChI=1S/C25H27ClN2O3/c1-8-13-28-16(4)14(2)19-21(17-9-11-18(26)12-10-17)20(15(3)27-23(19)28)22(24(29)30)31-25(5,6)7/h1,9-12,22H,13H2,2-7H3,(H,29,30). The number of hydrogen-bond acceptors (Lipinski definition) is 3. The number of carboxylic acids is 1. The molecule has 5 nitrogen and oxygen atoms in total. The first-order chi connectivity index (χ1) is 14.5. The molecule has 0 fully saturated rings. The Hall–Kier alpha value is -2.81. The molecule has 0 amide bonds. The van der Waals surface area contributed by atoms with Gasteiger partial charge in [0.2, 0.25) is 0 Å².